The lowest BCUT2D eigenvalue weighted by atomic mass is 10.3. The van der Waals surface area contributed by atoms with Gasteiger partial charge in [0, 0.05) is 31.9 Å². The Labute approximate surface area is 129 Å². The Morgan fingerprint density at radius 1 is 1.45 bits per heavy atom. The molecule has 2 N–H and O–H groups in total. The summed E-state index contributed by atoms with van der Waals surface area (Å²) in [6.07, 6.45) is 3.34. The number of carbonyl (C=O) groups excluding carboxylic acids is 1. The Hall–Kier alpha value is -1.87. The smallest absolute Gasteiger partial charge is 0.319 e. The summed E-state index contributed by atoms with van der Waals surface area (Å²) in [7, 11) is -3.24. The molecule has 1 aromatic rings. The van der Waals surface area contributed by atoms with Gasteiger partial charge in [-0.3, -0.25) is 4.79 Å². The van der Waals surface area contributed by atoms with Crippen molar-refractivity contribution in [2.45, 2.75) is 25.9 Å². The monoisotopic (exact) mass is 328 g/mol. The number of hydrogen-bond donors (Lipinski definition) is 2. The number of aromatic nitrogens is 1. The fourth-order valence-corrected chi connectivity index (χ4v) is 3.26. The highest BCUT2D eigenvalue weighted by molar-refractivity contribution is 7.88. The summed E-state index contributed by atoms with van der Waals surface area (Å²) < 4.78 is 25.7. The van der Waals surface area contributed by atoms with Crippen LogP contribution in [-0.2, 0) is 16.6 Å². The summed E-state index contributed by atoms with van der Waals surface area (Å²) in [5, 5.41) is 5.20. The highest BCUT2D eigenvalue weighted by Gasteiger charge is 2.29. The maximum absolute atomic E-state index is 12.0. The molecule has 0 aliphatic carbocycles. The second-order valence-corrected chi connectivity index (χ2v) is 7.20. The van der Waals surface area contributed by atoms with E-state index in [9.17, 15) is 18.0 Å². The molecule has 2 heterocycles. The van der Waals surface area contributed by atoms with Crippen LogP contribution in [0.3, 0.4) is 0 Å². The van der Waals surface area contributed by atoms with Crippen LogP contribution < -0.4 is 16.2 Å². The molecule has 122 valence electrons. The van der Waals surface area contributed by atoms with Crippen LogP contribution >= 0.6 is 0 Å². The average Bonchev–Trinajstić information content (AvgIpc) is 2.89. The van der Waals surface area contributed by atoms with Crippen molar-refractivity contribution in [3.8, 4) is 0 Å². The van der Waals surface area contributed by atoms with E-state index >= 15 is 0 Å². The molecule has 9 heteroatoms. The molecule has 8 nitrogen and oxygen atoms in total. The van der Waals surface area contributed by atoms with Gasteiger partial charge in [0.2, 0.25) is 10.0 Å². The van der Waals surface area contributed by atoms with Crippen LogP contribution in [-0.4, -0.2) is 48.7 Å². The number of nitrogens with zero attached hydrogens (tertiary/aromatic N) is 2. The Kier molecular flexibility index (Phi) is 4.87. The van der Waals surface area contributed by atoms with Crippen molar-refractivity contribution in [2.24, 2.45) is 0 Å². The summed E-state index contributed by atoms with van der Waals surface area (Å²) in [5.74, 6) is 0. The predicted octanol–water partition coefficient (Wildman–Crippen LogP) is 0.0236. The van der Waals surface area contributed by atoms with E-state index in [1.807, 2.05) is 6.92 Å². The number of aryl methyl sites for hydroxylation is 1. The van der Waals surface area contributed by atoms with Crippen LogP contribution in [0.15, 0.2) is 23.1 Å². The van der Waals surface area contributed by atoms with Crippen LogP contribution in [0, 0.1) is 0 Å². The van der Waals surface area contributed by atoms with Gasteiger partial charge >= 0.3 is 6.03 Å². The Bertz CT molecular complexity index is 713. The number of amides is 2. The maximum atomic E-state index is 12.0. The fourth-order valence-electron chi connectivity index (χ4n) is 2.37. The number of pyridine rings is 1. The van der Waals surface area contributed by atoms with E-state index in [0.717, 1.165) is 6.26 Å². The van der Waals surface area contributed by atoms with Gasteiger partial charge in [0.25, 0.3) is 5.56 Å². The zero-order valence-electron chi connectivity index (χ0n) is 12.6. The number of sulfonamides is 1. The Morgan fingerprint density at radius 3 is 2.77 bits per heavy atom. The van der Waals surface area contributed by atoms with Gasteiger partial charge < -0.3 is 15.2 Å². The number of rotatable bonds is 4. The Balaban J connectivity index is 1.96. The number of carbonyl (C=O) groups is 1. The standard InChI is InChI=1S/C13H20N4O4S/c1-3-16-7-4-5-11(12(16)18)15-13(19)14-10-6-8-17(9-10)22(2,20)21/h4-5,7,10H,3,6,8-9H2,1-2H3,(H2,14,15,19). The molecule has 0 saturated carbocycles. The van der Waals surface area contributed by atoms with Crippen molar-refractivity contribution in [3.05, 3.63) is 28.7 Å². The van der Waals surface area contributed by atoms with Gasteiger partial charge in [0.15, 0.2) is 0 Å². The van der Waals surface area contributed by atoms with Gasteiger partial charge in [-0.15, -0.1) is 0 Å². The van der Waals surface area contributed by atoms with Gasteiger partial charge in [-0.05, 0) is 25.5 Å². The molecular weight excluding hydrogens is 308 g/mol. The summed E-state index contributed by atoms with van der Waals surface area (Å²) in [6, 6.07) is 2.45. The molecule has 1 aliphatic rings. The molecule has 0 aromatic carbocycles. The summed E-state index contributed by atoms with van der Waals surface area (Å²) >= 11 is 0. The van der Waals surface area contributed by atoms with Crippen molar-refractivity contribution >= 4 is 21.7 Å². The first-order valence-electron chi connectivity index (χ1n) is 7.03. The van der Waals surface area contributed by atoms with E-state index in [0.29, 0.717) is 19.5 Å². The van der Waals surface area contributed by atoms with E-state index in [4.69, 9.17) is 0 Å². The van der Waals surface area contributed by atoms with Gasteiger partial charge in [-0.25, -0.2) is 17.5 Å². The zero-order valence-corrected chi connectivity index (χ0v) is 13.4. The van der Waals surface area contributed by atoms with Crippen LogP contribution in [0.1, 0.15) is 13.3 Å². The molecule has 1 unspecified atom stereocenters. The quantitative estimate of drug-likeness (QED) is 0.814. The summed E-state index contributed by atoms with van der Waals surface area (Å²) in [4.78, 5) is 23.9. The number of urea groups is 1. The lowest BCUT2D eigenvalue weighted by Gasteiger charge is -2.15. The molecule has 1 aromatic heterocycles. The topological polar surface area (TPSA) is 101 Å². The predicted molar refractivity (Wildman–Crippen MR) is 83.4 cm³/mol. The van der Waals surface area contributed by atoms with Crippen molar-refractivity contribution in [2.75, 3.05) is 24.7 Å². The van der Waals surface area contributed by atoms with Gasteiger partial charge in [-0.2, -0.15) is 0 Å². The first-order valence-corrected chi connectivity index (χ1v) is 8.88. The minimum absolute atomic E-state index is 0.194. The van der Waals surface area contributed by atoms with Crippen LogP contribution in [0.2, 0.25) is 0 Å². The first kappa shape index (κ1) is 16.5. The van der Waals surface area contributed by atoms with Crippen molar-refractivity contribution in [1.82, 2.24) is 14.2 Å². The third-order valence-corrected chi connectivity index (χ3v) is 4.83. The molecule has 1 atom stereocenters. The SMILES string of the molecule is CCn1cccc(NC(=O)NC2CCN(S(C)(=O)=O)C2)c1=O. The molecule has 2 amide bonds. The molecule has 22 heavy (non-hydrogen) atoms. The van der Waals surface area contributed by atoms with Gasteiger partial charge in [-0.1, -0.05) is 0 Å². The summed E-state index contributed by atoms with van der Waals surface area (Å²) in [6.45, 7) is 2.99. The first-order chi connectivity index (χ1) is 10.3. The molecule has 0 radical (unpaired) electrons. The number of hydrogen-bond acceptors (Lipinski definition) is 4. The van der Waals surface area contributed by atoms with Gasteiger partial charge in [0.05, 0.1) is 6.26 Å². The van der Waals surface area contributed by atoms with Crippen LogP contribution in [0.4, 0.5) is 10.5 Å². The average molecular weight is 328 g/mol. The second-order valence-electron chi connectivity index (χ2n) is 5.22. The molecule has 1 aliphatic heterocycles. The van der Waals surface area contributed by atoms with Crippen molar-refractivity contribution < 1.29 is 13.2 Å². The molecule has 0 spiro atoms. The minimum Gasteiger partial charge on any atom is -0.334 e. The van der Waals surface area contributed by atoms with Crippen molar-refractivity contribution in [3.63, 3.8) is 0 Å². The molecule has 1 fully saturated rings. The normalized spacial score (nSPS) is 19.1. The van der Waals surface area contributed by atoms with Crippen molar-refractivity contribution in [1.29, 1.82) is 0 Å². The maximum Gasteiger partial charge on any atom is 0.319 e. The van der Waals surface area contributed by atoms with E-state index < -0.39 is 16.1 Å². The largest absolute Gasteiger partial charge is 0.334 e. The highest BCUT2D eigenvalue weighted by atomic mass is 32.2. The van der Waals surface area contributed by atoms with E-state index in [-0.39, 0.29) is 23.8 Å². The van der Waals surface area contributed by atoms with Gasteiger partial charge in [0.1, 0.15) is 5.69 Å². The molecular formula is C13H20N4O4S. The van der Waals surface area contributed by atoms with E-state index in [1.54, 1.807) is 12.3 Å². The highest BCUT2D eigenvalue weighted by Crippen LogP contribution is 2.12. The Morgan fingerprint density at radius 2 is 2.18 bits per heavy atom. The minimum atomic E-state index is -3.24. The number of nitrogens with one attached hydrogen (secondary N) is 2. The van der Waals surface area contributed by atoms with Crippen LogP contribution in [0.25, 0.3) is 0 Å². The lowest BCUT2D eigenvalue weighted by molar-refractivity contribution is 0.248. The zero-order chi connectivity index (χ0) is 16.3. The van der Waals surface area contributed by atoms with E-state index in [1.165, 1.54) is 14.9 Å². The molecule has 1 saturated heterocycles. The third-order valence-electron chi connectivity index (χ3n) is 3.56. The second kappa shape index (κ2) is 6.49. The molecule has 2 rings (SSSR count). The summed E-state index contributed by atoms with van der Waals surface area (Å²) in [5.41, 5.74) is -0.0795. The number of anilines is 1. The lowest BCUT2D eigenvalue weighted by Crippen LogP contribution is -2.41. The van der Waals surface area contributed by atoms with Crippen LogP contribution in [0.5, 0.6) is 0 Å². The molecule has 0 bridgehead atoms. The fraction of sp³-hybridized carbons (Fsp3) is 0.538. The van der Waals surface area contributed by atoms with E-state index in [2.05, 4.69) is 10.6 Å². The third kappa shape index (κ3) is 3.86.